The van der Waals surface area contributed by atoms with E-state index in [0.29, 0.717) is 11.5 Å². The highest BCUT2D eigenvalue weighted by Crippen LogP contribution is 2.57. The van der Waals surface area contributed by atoms with Gasteiger partial charge >= 0.3 is 0 Å². The molecule has 0 saturated heterocycles. The first-order valence-corrected chi connectivity index (χ1v) is 15.3. The monoisotopic (exact) mass is 590 g/mol. The standard InChI is InChI=1S/C41H34O4/c42-19-21-44-35-25-31(29-11-3-1-4-12-29)23-33(27-35)41(39-17-9-7-15-37(39)38-16-8-10-18-40(38)41)34-24-32(30-13-5-2-6-14-30)26-36(28-34)45-22-20-43/h1-18,23-28,42-43H,19-22H2. The van der Waals surface area contributed by atoms with Crippen molar-refractivity contribution in [1.29, 1.82) is 0 Å². The predicted molar refractivity (Wildman–Crippen MR) is 180 cm³/mol. The molecule has 4 heteroatoms. The Morgan fingerprint density at radius 3 is 1.24 bits per heavy atom. The molecule has 0 aromatic heterocycles. The van der Waals surface area contributed by atoms with Crippen LogP contribution in [0.4, 0.5) is 0 Å². The van der Waals surface area contributed by atoms with Gasteiger partial charge in [0.25, 0.3) is 0 Å². The van der Waals surface area contributed by atoms with Gasteiger partial charge in [-0.25, -0.2) is 0 Å². The van der Waals surface area contributed by atoms with Crippen molar-refractivity contribution >= 4 is 0 Å². The van der Waals surface area contributed by atoms with Crippen LogP contribution < -0.4 is 9.47 Å². The van der Waals surface area contributed by atoms with Crippen LogP contribution >= 0.6 is 0 Å². The van der Waals surface area contributed by atoms with Crippen LogP contribution in [-0.4, -0.2) is 36.6 Å². The van der Waals surface area contributed by atoms with Crippen molar-refractivity contribution in [3.8, 4) is 44.9 Å². The maximum absolute atomic E-state index is 9.67. The lowest BCUT2D eigenvalue weighted by Crippen LogP contribution is -2.29. The summed E-state index contributed by atoms with van der Waals surface area (Å²) in [6.45, 7) is 0.236. The molecule has 6 aromatic carbocycles. The van der Waals surface area contributed by atoms with E-state index in [1.165, 1.54) is 22.3 Å². The number of hydrogen-bond donors (Lipinski definition) is 2. The van der Waals surface area contributed by atoms with E-state index >= 15 is 0 Å². The van der Waals surface area contributed by atoms with Crippen LogP contribution in [-0.2, 0) is 5.41 Å². The van der Waals surface area contributed by atoms with Crippen molar-refractivity contribution in [2.45, 2.75) is 5.41 Å². The SMILES string of the molecule is OCCOc1cc(-c2ccccc2)cc(C2(c3cc(OCCO)cc(-c4ccccc4)c3)c3ccccc3-c3ccccc32)c1. The molecule has 0 radical (unpaired) electrons. The van der Waals surface area contributed by atoms with Crippen molar-refractivity contribution in [1.82, 2.24) is 0 Å². The zero-order chi connectivity index (χ0) is 30.6. The molecule has 0 atom stereocenters. The van der Waals surface area contributed by atoms with Gasteiger partial charge in [0.1, 0.15) is 24.7 Å². The summed E-state index contributed by atoms with van der Waals surface area (Å²) in [6.07, 6.45) is 0. The van der Waals surface area contributed by atoms with Crippen LogP contribution in [0.25, 0.3) is 33.4 Å². The van der Waals surface area contributed by atoms with Crippen molar-refractivity contribution < 1.29 is 19.7 Å². The summed E-state index contributed by atoms with van der Waals surface area (Å²) >= 11 is 0. The zero-order valence-electron chi connectivity index (χ0n) is 24.9. The van der Waals surface area contributed by atoms with Gasteiger partial charge in [-0.1, -0.05) is 109 Å². The highest BCUT2D eigenvalue weighted by atomic mass is 16.5. The average Bonchev–Trinajstić information content (AvgIpc) is 3.41. The minimum Gasteiger partial charge on any atom is -0.491 e. The maximum atomic E-state index is 9.67. The molecule has 0 bridgehead atoms. The molecule has 0 saturated carbocycles. The molecule has 0 aliphatic heterocycles. The summed E-state index contributed by atoms with van der Waals surface area (Å²) in [4.78, 5) is 0. The van der Waals surface area contributed by atoms with Crippen molar-refractivity contribution in [3.05, 3.63) is 168 Å². The normalized spacial score (nSPS) is 12.8. The Morgan fingerprint density at radius 1 is 0.422 bits per heavy atom. The van der Waals surface area contributed by atoms with Gasteiger partial charge in [0.05, 0.1) is 18.6 Å². The number of ether oxygens (including phenoxy) is 2. The van der Waals surface area contributed by atoms with Crippen molar-refractivity contribution in [3.63, 3.8) is 0 Å². The predicted octanol–water partition coefficient (Wildman–Crippen LogP) is 8.13. The van der Waals surface area contributed by atoms with E-state index in [1.807, 2.05) is 48.5 Å². The lowest BCUT2D eigenvalue weighted by Gasteiger charge is -2.35. The second-order valence-electron chi connectivity index (χ2n) is 11.2. The van der Waals surface area contributed by atoms with Gasteiger partial charge in [0, 0.05) is 0 Å². The van der Waals surface area contributed by atoms with Crippen LogP contribution in [0, 0.1) is 0 Å². The van der Waals surface area contributed by atoms with E-state index in [0.717, 1.165) is 33.4 Å². The maximum Gasteiger partial charge on any atom is 0.120 e. The largest absolute Gasteiger partial charge is 0.491 e. The summed E-state index contributed by atoms with van der Waals surface area (Å²) in [5.41, 5.74) is 10.3. The Hall–Kier alpha value is -5.16. The van der Waals surface area contributed by atoms with E-state index in [1.54, 1.807) is 0 Å². The minimum absolute atomic E-state index is 0.0770. The first-order chi connectivity index (χ1) is 22.2. The lowest BCUT2D eigenvalue weighted by molar-refractivity contribution is 0.201. The topological polar surface area (TPSA) is 58.9 Å². The summed E-state index contributed by atoms with van der Waals surface area (Å²) in [5.74, 6) is 1.38. The Kier molecular flexibility index (Phi) is 7.91. The summed E-state index contributed by atoms with van der Waals surface area (Å²) in [5, 5.41) is 19.3. The van der Waals surface area contributed by atoms with Crippen LogP contribution in [0.2, 0.25) is 0 Å². The smallest absolute Gasteiger partial charge is 0.120 e. The summed E-state index contributed by atoms with van der Waals surface area (Å²) in [6, 6.07) is 50.7. The van der Waals surface area contributed by atoms with E-state index < -0.39 is 5.41 Å². The fourth-order valence-corrected chi connectivity index (χ4v) is 6.74. The Morgan fingerprint density at radius 2 is 0.822 bits per heavy atom. The third kappa shape index (κ3) is 5.18. The fraction of sp³-hybridized carbons (Fsp3) is 0.122. The molecular formula is C41H34O4. The molecule has 1 aliphatic carbocycles. The molecule has 1 aliphatic rings. The van der Waals surface area contributed by atoms with Gasteiger partial charge < -0.3 is 19.7 Å². The van der Waals surface area contributed by atoms with Crippen LogP contribution in [0.1, 0.15) is 22.3 Å². The van der Waals surface area contributed by atoms with Gasteiger partial charge in [-0.05, 0) is 92.0 Å². The quantitative estimate of drug-likeness (QED) is 0.169. The summed E-state index contributed by atoms with van der Waals surface area (Å²) < 4.78 is 12.3. The first kappa shape index (κ1) is 28.6. The molecule has 0 fully saturated rings. The number of hydrogen-bond acceptors (Lipinski definition) is 4. The minimum atomic E-state index is -0.725. The van der Waals surface area contributed by atoms with Gasteiger partial charge in [-0.2, -0.15) is 0 Å². The number of rotatable bonds is 10. The van der Waals surface area contributed by atoms with Crippen molar-refractivity contribution in [2.75, 3.05) is 26.4 Å². The summed E-state index contributed by atoms with van der Waals surface area (Å²) in [7, 11) is 0. The second-order valence-corrected chi connectivity index (χ2v) is 11.2. The molecule has 6 aromatic rings. The van der Waals surface area contributed by atoms with Crippen LogP contribution in [0.3, 0.4) is 0 Å². The van der Waals surface area contributed by atoms with Gasteiger partial charge in [-0.15, -0.1) is 0 Å². The molecule has 0 spiro atoms. The molecule has 0 heterocycles. The fourth-order valence-electron chi connectivity index (χ4n) is 6.74. The third-order valence-electron chi connectivity index (χ3n) is 8.57. The van der Waals surface area contributed by atoms with Crippen LogP contribution in [0.5, 0.6) is 11.5 Å². The van der Waals surface area contributed by atoms with E-state index in [9.17, 15) is 10.2 Å². The van der Waals surface area contributed by atoms with Crippen LogP contribution in [0.15, 0.2) is 146 Å². The zero-order valence-corrected chi connectivity index (χ0v) is 24.9. The molecule has 222 valence electrons. The Labute approximate surface area is 263 Å². The Balaban J connectivity index is 1.59. The lowest BCUT2D eigenvalue weighted by atomic mass is 9.67. The number of fused-ring (bicyclic) bond motifs is 3. The van der Waals surface area contributed by atoms with E-state index in [-0.39, 0.29) is 26.4 Å². The number of aliphatic hydroxyl groups excluding tert-OH is 2. The molecule has 0 unspecified atom stereocenters. The van der Waals surface area contributed by atoms with Crippen molar-refractivity contribution in [2.24, 2.45) is 0 Å². The van der Waals surface area contributed by atoms with Gasteiger partial charge in [0.15, 0.2) is 0 Å². The first-order valence-electron chi connectivity index (χ1n) is 15.3. The molecule has 2 N–H and O–H groups in total. The van der Waals surface area contributed by atoms with E-state index in [4.69, 9.17) is 9.47 Å². The molecular weight excluding hydrogens is 556 g/mol. The average molecular weight is 591 g/mol. The number of aliphatic hydroxyl groups is 2. The van der Waals surface area contributed by atoms with Gasteiger partial charge in [-0.3, -0.25) is 0 Å². The Bertz CT molecular complexity index is 1790. The molecule has 4 nitrogen and oxygen atoms in total. The van der Waals surface area contributed by atoms with E-state index in [2.05, 4.69) is 97.1 Å². The van der Waals surface area contributed by atoms with Gasteiger partial charge in [0.2, 0.25) is 0 Å². The highest BCUT2D eigenvalue weighted by Gasteiger charge is 2.46. The number of benzene rings is 6. The highest BCUT2D eigenvalue weighted by molar-refractivity contribution is 5.87. The molecule has 7 rings (SSSR count). The third-order valence-corrected chi connectivity index (χ3v) is 8.57. The molecule has 45 heavy (non-hydrogen) atoms. The second kappa shape index (κ2) is 12.4. The molecule has 0 amide bonds.